The predicted octanol–water partition coefficient (Wildman–Crippen LogP) is 0.481. The zero-order valence-corrected chi connectivity index (χ0v) is 22.6. The van der Waals surface area contributed by atoms with Gasteiger partial charge in [-0.1, -0.05) is 6.07 Å². The number of halogens is 1. The van der Waals surface area contributed by atoms with E-state index in [1.54, 1.807) is 18.2 Å². The quantitative estimate of drug-likeness (QED) is 0.422. The summed E-state index contributed by atoms with van der Waals surface area (Å²) < 4.78 is 51.3. The van der Waals surface area contributed by atoms with E-state index in [-0.39, 0.29) is 37.4 Å². The van der Waals surface area contributed by atoms with Crippen LogP contribution in [0.1, 0.15) is 5.56 Å². The number of barbiturate groups is 1. The molecule has 0 bridgehead atoms. The minimum Gasteiger partial charge on any atom is -0.443 e. The molecule has 1 spiro atoms. The summed E-state index contributed by atoms with van der Waals surface area (Å²) >= 11 is 0. The molecular weight excluding hydrogens is 561 g/mol. The van der Waals surface area contributed by atoms with Crippen LogP contribution < -0.4 is 25.2 Å². The first-order valence-electron chi connectivity index (χ1n) is 12.8. The van der Waals surface area contributed by atoms with Gasteiger partial charge in [0.15, 0.2) is 5.41 Å². The summed E-state index contributed by atoms with van der Waals surface area (Å²) in [4.78, 5) is 53.7. The third-order valence-electron chi connectivity index (χ3n) is 7.84. The molecule has 2 atom stereocenters. The third-order valence-corrected chi connectivity index (χ3v) is 8.53. The highest BCUT2D eigenvalue weighted by Gasteiger charge is 2.60. The smallest absolute Gasteiger partial charge is 0.414 e. The first-order valence-corrected chi connectivity index (χ1v) is 14.7. The van der Waals surface area contributed by atoms with Crippen molar-refractivity contribution in [2.24, 2.45) is 5.41 Å². The Morgan fingerprint density at radius 3 is 2.56 bits per heavy atom. The summed E-state index contributed by atoms with van der Waals surface area (Å²) in [7, 11) is -3.47. The second kappa shape index (κ2) is 9.78. The molecule has 2 aromatic carbocycles. The van der Waals surface area contributed by atoms with Gasteiger partial charge in [0.2, 0.25) is 21.8 Å². The predicted molar refractivity (Wildman–Crippen MR) is 142 cm³/mol. The van der Waals surface area contributed by atoms with Crippen LogP contribution in [0, 0.1) is 11.2 Å². The lowest BCUT2D eigenvalue weighted by Crippen LogP contribution is -2.73. The van der Waals surface area contributed by atoms with Crippen LogP contribution in [-0.2, 0) is 35.5 Å². The Balaban J connectivity index is 1.29. The van der Waals surface area contributed by atoms with Crippen molar-refractivity contribution in [3.63, 3.8) is 0 Å². The average molecular weight is 588 g/mol. The fourth-order valence-corrected chi connectivity index (χ4v) is 6.40. The van der Waals surface area contributed by atoms with Crippen LogP contribution >= 0.6 is 0 Å². The zero-order valence-electron chi connectivity index (χ0n) is 21.8. The van der Waals surface area contributed by atoms with Crippen molar-refractivity contribution in [2.45, 2.75) is 18.6 Å². The van der Waals surface area contributed by atoms with Gasteiger partial charge in [-0.05, 0) is 47.9 Å². The molecule has 0 saturated carbocycles. The van der Waals surface area contributed by atoms with Crippen molar-refractivity contribution in [1.29, 1.82) is 0 Å². The lowest BCUT2D eigenvalue weighted by molar-refractivity contribution is -0.148. The molecular formula is C26H26FN5O8S. The molecule has 4 aliphatic rings. The highest BCUT2D eigenvalue weighted by Crippen LogP contribution is 2.45. The fourth-order valence-electron chi connectivity index (χ4n) is 5.91. The lowest BCUT2D eigenvalue weighted by atomic mass is 9.68. The van der Waals surface area contributed by atoms with Gasteiger partial charge in [-0.2, -0.15) is 0 Å². The normalized spacial score (nSPS) is 23.6. The van der Waals surface area contributed by atoms with Crippen LogP contribution in [0.3, 0.4) is 0 Å². The molecule has 6 rings (SSSR count). The van der Waals surface area contributed by atoms with Crippen LogP contribution in [0.4, 0.5) is 25.4 Å². The lowest BCUT2D eigenvalue weighted by Gasteiger charge is -2.51. The number of sulfonamides is 1. The van der Waals surface area contributed by atoms with Gasteiger partial charge in [0.25, 0.3) is 0 Å². The van der Waals surface area contributed by atoms with Crippen LogP contribution in [-0.4, -0.2) is 83.6 Å². The van der Waals surface area contributed by atoms with E-state index in [4.69, 9.17) is 9.47 Å². The van der Waals surface area contributed by atoms with Gasteiger partial charge in [-0.3, -0.25) is 25.1 Å². The first-order chi connectivity index (χ1) is 19.5. The van der Waals surface area contributed by atoms with Gasteiger partial charge in [0.05, 0.1) is 37.7 Å². The van der Waals surface area contributed by atoms with Crippen molar-refractivity contribution in [1.82, 2.24) is 15.4 Å². The summed E-state index contributed by atoms with van der Waals surface area (Å²) in [5.41, 5.74) is 0.767. The Hall–Kier alpha value is -4.08. The maximum absolute atomic E-state index is 15.5. The number of hydrogen-bond donors (Lipinski definition) is 3. The number of imide groups is 2. The van der Waals surface area contributed by atoms with Crippen LogP contribution in [0.15, 0.2) is 36.4 Å². The largest absolute Gasteiger partial charge is 0.443 e. The highest BCUT2D eigenvalue weighted by atomic mass is 32.2. The van der Waals surface area contributed by atoms with Crippen LogP contribution in [0.2, 0.25) is 0 Å². The molecule has 0 aromatic heterocycles. The Kier molecular flexibility index (Phi) is 6.47. The van der Waals surface area contributed by atoms with E-state index in [1.807, 2.05) is 11.0 Å². The number of nitrogens with one attached hydrogen (secondary N) is 3. The average Bonchev–Trinajstić information content (AvgIpc) is 3.30. The summed E-state index contributed by atoms with van der Waals surface area (Å²) in [6.45, 7) is 0.858. The van der Waals surface area contributed by atoms with E-state index in [0.717, 1.165) is 11.9 Å². The summed E-state index contributed by atoms with van der Waals surface area (Å²) in [6.07, 6.45) is -0.483. The van der Waals surface area contributed by atoms with E-state index in [0.29, 0.717) is 24.3 Å². The van der Waals surface area contributed by atoms with Gasteiger partial charge in [-0.15, -0.1) is 0 Å². The number of benzene rings is 2. The molecule has 3 N–H and O–H groups in total. The second-order valence-corrected chi connectivity index (χ2v) is 12.2. The van der Waals surface area contributed by atoms with Gasteiger partial charge in [0, 0.05) is 24.3 Å². The number of nitrogens with zero attached hydrogens (tertiary/aromatic N) is 2. The molecule has 41 heavy (non-hydrogen) atoms. The Bertz CT molecular complexity index is 1580. The maximum Gasteiger partial charge on any atom is 0.414 e. The summed E-state index contributed by atoms with van der Waals surface area (Å²) in [5.74, 6) is -2.04. The van der Waals surface area contributed by atoms with Crippen LogP contribution in [0.25, 0.3) is 11.1 Å². The SMILES string of the molecule is CS(=O)(=O)NC[C@H]1CN(c2ccc(-c3ccc4c(c3)CC3(C(=O)NC(=O)NC3=O)C3COCCN43)c(F)c2)C(=O)O1. The van der Waals surface area contributed by atoms with Gasteiger partial charge in [0.1, 0.15) is 11.9 Å². The number of morpholine rings is 1. The number of ether oxygens (including phenoxy) is 2. The number of urea groups is 1. The molecule has 3 fully saturated rings. The van der Waals surface area contributed by atoms with Crippen molar-refractivity contribution in [2.75, 3.05) is 48.9 Å². The van der Waals surface area contributed by atoms with E-state index in [1.165, 1.54) is 17.0 Å². The maximum atomic E-state index is 15.5. The number of rotatable bonds is 5. The highest BCUT2D eigenvalue weighted by molar-refractivity contribution is 7.88. The number of amides is 5. The molecule has 4 aliphatic heterocycles. The molecule has 13 nitrogen and oxygen atoms in total. The summed E-state index contributed by atoms with van der Waals surface area (Å²) in [5, 5.41) is 4.43. The molecule has 5 amide bonds. The van der Waals surface area contributed by atoms with Crippen LogP contribution in [0.5, 0.6) is 0 Å². The topological polar surface area (TPSA) is 163 Å². The number of carbonyl (C=O) groups excluding carboxylic acids is 4. The molecule has 15 heteroatoms. The number of hydrogen-bond acceptors (Lipinski definition) is 9. The molecule has 4 heterocycles. The van der Waals surface area contributed by atoms with E-state index < -0.39 is 57.3 Å². The van der Waals surface area contributed by atoms with Crippen molar-refractivity contribution in [3.05, 3.63) is 47.8 Å². The standard InChI is InChI=1S/C26H26FN5O8S/c1-41(37,38)28-11-17-12-32(25(36)40-17)16-3-4-18(19(27)9-16)14-2-5-20-15(8-14)10-26(21-13-39-7-6-31(20)21)22(33)29-24(35)30-23(26)34/h2-5,8-9,17,21,28H,6-7,10-13H2,1H3,(H2,29,30,33,34,35)/t17-,21?/m0/s1. The van der Waals surface area contributed by atoms with Gasteiger partial charge >= 0.3 is 12.1 Å². The molecule has 2 aromatic rings. The van der Waals surface area contributed by atoms with Crippen molar-refractivity contribution < 1.29 is 41.5 Å². The second-order valence-electron chi connectivity index (χ2n) is 10.4. The van der Waals surface area contributed by atoms with E-state index in [9.17, 15) is 27.6 Å². The zero-order chi connectivity index (χ0) is 29.1. The fraction of sp³-hybridized carbons (Fsp3) is 0.385. The minimum atomic E-state index is -3.47. The number of fused-ring (bicyclic) bond motifs is 4. The van der Waals surface area contributed by atoms with Gasteiger partial charge in [-0.25, -0.2) is 27.1 Å². The molecule has 216 valence electrons. The number of cyclic esters (lactones) is 1. The van der Waals surface area contributed by atoms with E-state index >= 15 is 4.39 Å². The Morgan fingerprint density at radius 1 is 1.10 bits per heavy atom. The van der Waals surface area contributed by atoms with Crippen molar-refractivity contribution in [3.8, 4) is 11.1 Å². The molecule has 3 saturated heterocycles. The molecule has 0 aliphatic carbocycles. The van der Waals surface area contributed by atoms with Crippen molar-refractivity contribution >= 4 is 45.3 Å². The number of anilines is 2. The Labute approximate surface area is 234 Å². The Morgan fingerprint density at radius 2 is 1.85 bits per heavy atom. The van der Waals surface area contributed by atoms with Gasteiger partial charge < -0.3 is 14.4 Å². The third kappa shape index (κ3) is 4.69. The molecule has 0 radical (unpaired) electrons. The monoisotopic (exact) mass is 587 g/mol. The molecule has 1 unspecified atom stereocenters. The first kappa shape index (κ1) is 27.1. The summed E-state index contributed by atoms with van der Waals surface area (Å²) in [6, 6.07) is 8.01. The number of carbonyl (C=O) groups is 4. The van der Waals surface area contributed by atoms with E-state index in [2.05, 4.69) is 15.4 Å². The minimum absolute atomic E-state index is 0.0200.